The topological polar surface area (TPSA) is 59.1 Å². The summed E-state index contributed by atoms with van der Waals surface area (Å²) < 4.78 is 10.8. The predicted octanol–water partition coefficient (Wildman–Crippen LogP) is 3.43. The van der Waals surface area contributed by atoms with Crippen molar-refractivity contribution in [2.75, 3.05) is 33.9 Å². The molecule has 0 saturated carbocycles. The Hall–Kier alpha value is -2.24. The first-order chi connectivity index (χ1) is 13.3. The highest BCUT2D eigenvalue weighted by Crippen LogP contribution is 2.37. The zero-order chi connectivity index (χ0) is 20.8. The van der Waals surface area contributed by atoms with Crippen LogP contribution in [-0.2, 0) is 16.0 Å². The number of carbonyl (C=O) groups excluding carboxylic acids is 2. The molecule has 6 nitrogen and oxygen atoms in total. The van der Waals surface area contributed by atoms with E-state index >= 15 is 0 Å². The zero-order valence-electron chi connectivity index (χ0n) is 18.1. The molecule has 156 valence electrons. The number of benzene rings is 1. The zero-order valence-corrected chi connectivity index (χ0v) is 18.1. The molecule has 2 rings (SSSR count). The van der Waals surface area contributed by atoms with Crippen molar-refractivity contribution in [3.05, 3.63) is 23.3 Å². The third-order valence-corrected chi connectivity index (χ3v) is 5.26. The summed E-state index contributed by atoms with van der Waals surface area (Å²) in [5.41, 5.74) is 2.25. The van der Waals surface area contributed by atoms with E-state index in [9.17, 15) is 9.59 Å². The van der Waals surface area contributed by atoms with Crippen LogP contribution in [0.15, 0.2) is 12.1 Å². The number of carbonyl (C=O) groups is 2. The predicted molar refractivity (Wildman–Crippen MR) is 110 cm³/mol. The average Bonchev–Trinajstić information content (AvgIpc) is 2.66. The molecule has 1 aliphatic heterocycles. The number of amides is 2. The minimum absolute atomic E-state index is 0.00140. The first-order valence-corrected chi connectivity index (χ1v) is 10.1. The highest BCUT2D eigenvalue weighted by atomic mass is 16.5. The van der Waals surface area contributed by atoms with Crippen LogP contribution in [0.2, 0.25) is 0 Å². The maximum absolute atomic E-state index is 13.0. The number of hydrogen-bond donors (Lipinski definition) is 0. The van der Waals surface area contributed by atoms with Crippen molar-refractivity contribution in [3.8, 4) is 11.5 Å². The van der Waals surface area contributed by atoms with E-state index in [1.807, 2.05) is 44.7 Å². The van der Waals surface area contributed by atoms with Crippen molar-refractivity contribution in [2.24, 2.45) is 5.92 Å². The van der Waals surface area contributed by atoms with Gasteiger partial charge in [0.05, 0.1) is 26.8 Å². The van der Waals surface area contributed by atoms with Gasteiger partial charge in [0.25, 0.3) is 0 Å². The second kappa shape index (κ2) is 9.80. The molecule has 2 amide bonds. The van der Waals surface area contributed by atoms with Gasteiger partial charge >= 0.3 is 0 Å². The molecule has 1 atom stereocenters. The first kappa shape index (κ1) is 22.1. The number of fused-ring (bicyclic) bond motifs is 1. The Labute approximate surface area is 168 Å². The Balaban J connectivity index is 2.17. The van der Waals surface area contributed by atoms with Crippen LogP contribution >= 0.6 is 0 Å². The van der Waals surface area contributed by atoms with Gasteiger partial charge in [-0.25, -0.2) is 0 Å². The summed E-state index contributed by atoms with van der Waals surface area (Å²) in [5.74, 6) is 1.72. The Morgan fingerprint density at radius 3 is 2.43 bits per heavy atom. The van der Waals surface area contributed by atoms with E-state index in [4.69, 9.17) is 9.47 Å². The van der Waals surface area contributed by atoms with Crippen LogP contribution < -0.4 is 9.47 Å². The molecule has 1 unspecified atom stereocenters. The minimum Gasteiger partial charge on any atom is -0.493 e. The molecule has 1 heterocycles. The van der Waals surface area contributed by atoms with Crippen LogP contribution in [0, 0.1) is 5.92 Å². The quantitative estimate of drug-likeness (QED) is 0.682. The average molecular weight is 391 g/mol. The lowest BCUT2D eigenvalue weighted by Gasteiger charge is -2.37. The van der Waals surface area contributed by atoms with E-state index in [-0.39, 0.29) is 30.3 Å². The van der Waals surface area contributed by atoms with Crippen molar-refractivity contribution in [2.45, 2.75) is 53.0 Å². The summed E-state index contributed by atoms with van der Waals surface area (Å²) in [6, 6.07) is 3.90. The van der Waals surface area contributed by atoms with Crippen molar-refractivity contribution >= 4 is 11.8 Å². The molecule has 0 radical (unpaired) electrons. The van der Waals surface area contributed by atoms with Gasteiger partial charge in [-0.1, -0.05) is 20.8 Å². The number of rotatable bonds is 8. The lowest BCUT2D eigenvalue weighted by molar-refractivity contribution is -0.142. The highest BCUT2D eigenvalue weighted by Gasteiger charge is 2.30. The molecule has 0 saturated heterocycles. The molecule has 28 heavy (non-hydrogen) atoms. The lowest BCUT2D eigenvalue weighted by Crippen LogP contribution is -2.46. The fourth-order valence-electron chi connectivity index (χ4n) is 3.78. The normalized spacial score (nSPS) is 16.0. The molecule has 0 bridgehead atoms. The summed E-state index contributed by atoms with van der Waals surface area (Å²) in [6.45, 7) is 9.50. The maximum Gasteiger partial charge on any atom is 0.242 e. The monoisotopic (exact) mass is 390 g/mol. The van der Waals surface area contributed by atoms with Gasteiger partial charge in [-0.2, -0.15) is 0 Å². The van der Waals surface area contributed by atoms with E-state index in [1.54, 1.807) is 19.1 Å². The molecular formula is C22H34N2O4. The van der Waals surface area contributed by atoms with Crippen molar-refractivity contribution in [1.29, 1.82) is 0 Å². The van der Waals surface area contributed by atoms with Crippen LogP contribution in [0.3, 0.4) is 0 Å². The van der Waals surface area contributed by atoms with Crippen LogP contribution in [0.4, 0.5) is 0 Å². The summed E-state index contributed by atoms with van der Waals surface area (Å²) >= 11 is 0. The van der Waals surface area contributed by atoms with Gasteiger partial charge in [0.15, 0.2) is 11.5 Å². The summed E-state index contributed by atoms with van der Waals surface area (Å²) in [5, 5.41) is 0. The van der Waals surface area contributed by atoms with Crippen molar-refractivity contribution < 1.29 is 19.1 Å². The molecule has 0 spiro atoms. The maximum atomic E-state index is 13.0. The van der Waals surface area contributed by atoms with Gasteiger partial charge in [0.2, 0.25) is 11.8 Å². The van der Waals surface area contributed by atoms with Crippen molar-refractivity contribution in [3.63, 3.8) is 0 Å². The molecule has 1 aliphatic rings. The molecule has 6 heteroatoms. The lowest BCUT2D eigenvalue weighted by atomic mass is 9.92. The SMILES string of the molecule is CCCN(CC(=O)N1CCc2cc(OC)c(OC)cc2C1C)C(=O)CC(C)C. The van der Waals surface area contributed by atoms with E-state index in [2.05, 4.69) is 0 Å². The standard InChI is InChI=1S/C22H34N2O4/c1-7-9-23(21(25)11-15(2)3)14-22(26)24-10-8-17-12-19(27-5)20(28-6)13-18(17)16(24)4/h12-13,15-16H,7-11,14H2,1-6H3. The Bertz CT molecular complexity index is 702. The number of ether oxygens (including phenoxy) is 2. The molecular weight excluding hydrogens is 356 g/mol. The highest BCUT2D eigenvalue weighted by molar-refractivity contribution is 5.85. The van der Waals surface area contributed by atoms with E-state index in [0.29, 0.717) is 31.0 Å². The van der Waals surface area contributed by atoms with Gasteiger partial charge in [-0.15, -0.1) is 0 Å². The van der Waals surface area contributed by atoms with Gasteiger partial charge in [0, 0.05) is 19.5 Å². The smallest absolute Gasteiger partial charge is 0.242 e. The minimum atomic E-state index is -0.0697. The third kappa shape index (κ3) is 4.97. The fraction of sp³-hybridized carbons (Fsp3) is 0.636. The number of nitrogens with zero attached hydrogens (tertiary/aromatic N) is 2. The fourth-order valence-corrected chi connectivity index (χ4v) is 3.78. The Morgan fingerprint density at radius 1 is 1.21 bits per heavy atom. The summed E-state index contributed by atoms with van der Waals surface area (Å²) in [4.78, 5) is 29.2. The van der Waals surface area contributed by atoms with Gasteiger partial charge < -0.3 is 19.3 Å². The largest absolute Gasteiger partial charge is 0.493 e. The van der Waals surface area contributed by atoms with E-state index < -0.39 is 0 Å². The molecule has 1 aromatic carbocycles. The van der Waals surface area contributed by atoms with Gasteiger partial charge in [0.1, 0.15) is 0 Å². The molecule has 0 aliphatic carbocycles. The third-order valence-electron chi connectivity index (χ3n) is 5.26. The second-order valence-electron chi connectivity index (χ2n) is 7.83. The first-order valence-electron chi connectivity index (χ1n) is 10.1. The summed E-state index contributed by atoms with van der Waals surface area (Å²) in [7, 11) is 3.24. The number of methoxy groups -OCH3 is 2. The Kier molecular flexibility index (Phi) is 7.72. The van der Waals surface area contributed by atoms with Crippen LogP contribution in [0.5, 0.6) is 11.5 Å². The molecule has 0 fully saturated rings. The van der Waals surface area contributed by atoms with Crippen LogP contribution in [0.1, 0.15) is 57.7 Å². The van der Waals surface area contributed by atoms with E-state index in [1.165, 1.54) is 5.56 Å². The van der Waals surface area contributed by atoms with E-state index in [0.717, 1.165) is 18.4 Å². The van der Waals surface area contributed by atoms with Gasteiger partial charge in [-0.3, -0.25) is 9.59 Å². The van der Waals surface area contributed by atoms with Crippen molar-refractivity contribution in [1.82, 2.24) is 9.80 Å². The van der Waals surface area contributed by atoms with Crippen LogP contribution in [0.25, 0.3) is 0 Å². The second-order valence-corrected chi connectivity index (χ2v) is 7.83. The van der Waals surface area contributed by atoms with Crippen LogP contribution in [-0.4, -0.2) is 55.5 Å². The molecule has 0 aromatic heterocycles. The number of hydrogen-bond acceptors (Lipinski definition) is 4. The summed E-state index contributed by atoms with van der Waals surface area (Å²) in [6.07, 6.45) is 2.08. The Morgan fingerprint density at radius 2 is 1.86 bits per heavy atom. The van der Waals surface area contributed by atoms with Gasteiger partial charge in [-0.05, 0) is 48.9 Å². The molecule has 0 N–H and O–H groups in total. The molecule has 1 aromatic rings.